The van der Waals surface area contributed by atoms with Gasteiger partial charge in [-0.2, -0.15) is 26.3 Å². The molecule has 0 radical (unpaired) electrons. The van der Waals surface area contributed by atoms with Crippen LogP contribution in [0.5, 0.6) is 0 Å². The molecule has 1 aliphatic rings. The van der Waals surface area contributed by atoms with Crippen LogP contribution in [0.2, 0.25) is 0 Å². The summed E-state index contributed by atoms with van der Waals surface area (Å²) in [6, 6.07) is 0. The van der Waals surface area contributed by atoms with E-state index in [9.17, 15) is 35.9 Å². The van der Waals surface area contributed by atoms with Crippen LogP contribution in [0, 0.1) is 5.92 Å². The SMILES string of the molecule is O=C(/C=C/OC(=O)C1CC1)OC(C(F)(F)F)C(F)(F)F. The van der Waals surface area contributed by atoms with Crippen LogP contribution in [0.4, 0.5) is 26.3 Å². The molecule has 0 aromatic carbocycles. The monoisotopic (exact) mass is 306 g/mol. The van der Waals surface area contributed by atoms with Gasteiger partial charge < -0.3 is 9.47 Å². The third-order valence-corrected chi connectivity index (χ3v) is 2.13. The first kappa shape index (κ1) is 16.3. The van der Waals surface area contributed by atoms with Gasteiger partial charge in [-0.05, 0) is 12.8 Å². The topological polar surface area (TPSA) is 52.6 Å². The Morgan fingerprint density at radius 3 is 1.95 bits per heavy atom. The lowest BCUT2D eigenvalue weighted by Crippen LogP contribution is -2.45. The second kappa shape index (κ2) is 5.71. The first-order valence-electron chi connectivity index (χ1n) is 5.23. The highest BCUT2D eigenvalue weighted by atomic mass is 19.4. The predicted octanol–water partition coefficient (Wildman–Crippen LogP) is 2.49. The van der Waals surface area contributed by atoms with Crippen molar-refractivity contribution in [1.29, 1.82) is 0 Å². The summed E-state index contributed by atoms with van der Waals surface area (Å²) in [6.45, 7) is 0. The van der Waals surface area contributed by atoms with E-state index in [4.69, 9.17) is 0 Å². The first-order chi connectivity index (χ1) is 9.01. The summed E-state index contributed by atoms with van der Waals surface area (Å²) < 4.78 is 79.8. The van der Waals surface area contributed by atoms with Crippen molar-refractivity contribution in [1.82, 2.24) is 0 Å². The third-order valence-electron chi connectivity index (χ3n) is 2.13. The Labute approximate surface area is 108 Å². The highest BCUT2D eigenvalue weighted by Gasteiger charge is 2.59. The molecule has 1 saturated carbocycles. The largest absolute Gasteiger partial charge is 0.440 e. The van der Waals surface area contributed by atoms with Crippen molar-refractivity contribution in [2.75, 3.05) is 0 Å². The molecule has 0 spiro atoms. The van der Waals surface area contributed by atoms with Crippen molar-refractivity contribution in [2.45, 2.75) is 31.3 Å². The van der Waals surface area contributed by atoms with Crippen molar-refractivity contribution in [3.05, 3.63) is 12.3 Å². The number of ether oxygens (including phenoxy) is 2. The van der Waals surface area contributed by atoms with Gasteiger partial charge in [0.25, 0.3) is 6.10 Å². The number of halogens is 6. The number of hydrogen-bond donors (Lipinski definition) is 0. The van der Waals surface area contributed by atoms with Gasteiger partial charge in [0.2, 0.25) is 0 Å². The van der Waals surface area contributed by atoms with Crippen molar-refractivity contribution in [2.24, 2.45) is 5.92 Å². The predicted molar refractivity (Wildman–Crippen MR) is 49.9 cm³/mol. The van der Waals surface area contributed by atoms with E-state index in [1.165, 1.54) is 0 Å². The second-order valence-electron chi connectivity index (χ2n) is 3.91. The average Bonchev–Trinajstić information content (AvgIpc) is 3.06. The number of carbonyl (C=O) groups is 2. The number of carbonyl (C=O) groups excluding carboxylic acids is 2. The van der Waals surface area contributed by atoms with Gasteiger partial charge in [-0.25, -0.2) is 4.79 Å². The molecule has 0 aliphatic heterocycles. The zero-order chi connectivity index (χ0) is 15.6. The molecular formula is C10H8F6O4. The van der Waals surface area contributed by atoms with E-state index in [1.54, 1.807) is 0 Å². The lowest BCUT2D eigenvalue weighted by molar-refractivity contribution is -0.312. The maximum absolute atomic E-state index is 12.0. The fourth-order valence-corrected chi connectivity index (χ4v) is 1.05. The number of alkyl halides is 6. The molecule has 114 valence electrons. The van der Waals surface area contributed by atoms with E-state index < -0.39 is 30.4 Å². The molecule has 10 heteroatoms. The van der Waals surface area contributed by atoms with Gasteiger partial charge in [-0.3, -0.25) is 4.79 Å². The number of rotatable bonds is 4. The molecule has 0 amide bonds. The molecule has 0 bridgehead atoms. The van der Waals surface area contributed by atoms with E-state index in [0.717, 1.165) is 0 Å². The molecule has 0 atom stereocenters. The van der Waals surface area contributed by atoms with Crippen LogP contribution in [0.25, 0.3) is 0 Å². The molecular weight excluding hydrogens is 298 g/mol. The summed E-state index contributed by atoms with van der Waals surface area (Å²) in [6.07, 6.45) is -14.1. The van der Waals surface area contributed by atoms with Gasteiger partial charge in [0, 0.05) is 0 Å². The van der Waals surface area contributed by atoms with Crippen molar-refractivity contribution >= 4 is 11.9 Å². The van der Waals surface area contributed by atoms with Crippen LogP contribution >= 0.6 is 0 Å². The minimum Gasteiger partial charge on any atom is -0.440 e. The second-order valence-corrected chi connectivity index (χ2v) is 3.91. The summed E-state index contributed by atoms with van der Waals surface area (Å²) in [5.41, 5.74) is 0. The standard InChI is InChI=1S/C10H8F6O4/c11-9(12,13)8(10(14,15)16)20-6(17)3-4-19-7(18)5-1-2-5/h3-5,8H,1-2H2/b4-3+. The third kappa shape index (κ3) is 5.10. The van der Waals surface area contributed by atoms with Crippen LogP contribution < -0.4 is 0 Å². The van der Waals surface area contributed by atoms with E-state index in [2.05, 4.69) is 9.47 Å². The van der Waals surface area contributed by atoms with Gasteiger partial charge in [0.15, 0.2) is 0 Å². The van der Waals surface area contributed by atoms with Crippen molar-refractivity contribution in [3.63, 3.8) is 0 Å². The Balaban J connectivity index is 2.53. The summed E-state index contributed by atoms with van der Waals surface area (Å²) in [5.74, 6) is -2.97. The molecule has 0 heterocycles. The normalized spacial score (nSPS) is 16.6. The van der Waals surface area contributed by atoms with Crippen LogP contribution in [0.3, 0.4) is 0 Å². The fourth-order valence-electron chi connectivity index (χ4n) is 1.05. The van der Waals surface area contributed by atoms with E-state index in [0.29, 0.717) is 19.1 Å². The summed E-state index contributed by atoms with van der Waals surface area (Å²) in [7, 11) is 0. The lowest BCUT2D eigenvalue weighted by Gasteiger charge is -2.21. The van der Waals surface area contributed by atoms with Gasteiger partial charge in [-0.1, -0.05) is 0 Å². The molecule has 0 N–H and O–H groups in total. The van der Waals surface area contributed by atoms with E-state index in [-0.39, 0.29) is 12.0 Å². The molecule has 1 aliphatic carbocycles. The highest BCUT2D eigenvalue weighted by molar-refractivity contribution is 5.82. The maximum atomic E-state index is 12.0. The fraction of sp³-hybridized carbons (Fsp3) is 0.600. The molecule has 0 aromatic rings. The van der Waals surface area contributed by atoms with Gasteiger partial charge >= 0.3 is 24.3 Å². The minimum atomic E-state index is -5.79. The highest BCUT2D eigenvalue weighted by Crippen LogP contribution is 2.35. The first-order valence-corrected chi connectivity index (χ1v) is 5.23. The molecule has 1 fully saturated rings. The van der Waals surface area contributed by atoms with Crippen molar-refractivity contribution in [3.8, 4) is 0 Å². The quantitative estimate of drug-likeness (QED) is 0.346. The smallest absolute Gasteiger partial charge is 0.434 e. The number of hydrogen-bond acceptors (Lipinski definition) is 4. The van der Waals surface area contributed by atoms with Crippen LogP contribution in [0.15, 0.2) is 12.3 Å². The molecule has 1 rings (SSSR count). The number of esters is 2. The molecule has 0 aromatic heterocycles. The zero-order valence-corrected chi connectivity index (χ0v) is 9.62. The maximum Gasteiger partial charge on any atom is 0.434 e. The molecule has 4 nitrogen and oxygen atoms in total. The Morgan fingerprint density at radius 1 is 1.05 bits per heavy atom. The van der Waals surface area contributed by atoms with Crippen molar-refractivity contribution < 1.29 is 45.4 Å². The van der Waals surface area contributed by atoms with Crippen LogP contribution in [-0.4, -0.2) is 30.4 Å². The Kier molecular flexibility index (Phi) is 4.66. The lowest BCUT2D eigenvalue weighted by atomic mass is 10.3. The summed E-state index contributed by atoms with van der Waals surface area (Å²) >= 11 is 0. The van der Waals surface area contributed by atoms with E-state index >= 15 is 0 Å². The molecule has 20 heavy (non-hydrogen) atoms. The summed E-state index contributed by atoms with van der Waals surface area (Å²) in [5, 5.41) is 0. The van der Waals surface area contributed by atoms with Crippen LogP contribution in [-0.2, 0) is 19.1 Å². The minimum absolute atomic E-state index is 0.171. The molecule has 0 saturated heterocycles. The zero-order valence-electron chi connectivity index (χ0n) is 9.62. The van der Waals surface area contributed by atoms with E-state index in [1.807, 2.05) is 0 Å². The van der Waals surface area contributed by atoms with Gasteiger partial charge in [0.1, 0.15) is 6.26 Å². The van der Waals surface area contributed by atoms with Crippen LogP contribution in [0.1, 0.15) is 12.8 Å². The van der Waals surface area contributed by atoms with Gasteiger partial charge in [0.05, 0.1) is 12.0 Å². The summed E-state index contributed by atoms with van der Waals surface area (Å²) in [4.78, 5) is 21.8. The Morgan fingerprint density at radius 2 is 1.55 bits per heavy atom. The average molecular weight is 306 g/mol. The van der Waals surface area contributed by atoms with Gasteiger partial charge in [-0.15, -0.1) is 0 Å². The molecule has 0 unspecified atom stereocenters. The Hall–Kier alpha value is -1.74. The Bertz CT molecular complexity index is 393.